The Morgan fingerprint density at radius 2 is 1.94 bits per heavy atom. The molecule has 3 heteroatoms. The Kier molecular flexibility index (Phi) is 7.21. The summed E-state index contributed by atoms with van der Waals surface area (Å²) in [4.78, 5) is 5.15. The van der Waals surface area contributed by atoms with Crippen LogP contribution in [0, 0.1) is 11.8 Å². The Balaban J connectivity index is 2.23. The van der Waals surface area contributed by atoms with Crippen LogP contribution in [0.2, 0.25) is 6.32 Å². The van der Waals surface area contributed by atoms with Crippen LogP contribution in [-0.4, -0.2) is 56.9 Å². The molecule has 0 aromatic carbocycles. The van der Waals surface area contributed by atoms with Crippen LogP contribution < -0.4 is 0 Å². The maximum absolute atomic E-state index is 5.60. The molecule has 0 bridgehead atoms. The van der Waals surface area contributed by atoms with Crippen LogP contribution in [0.5, 0.6) is 0 Å². The molecule has 0 aliphatic carbocycles. The average molecular weight is 236 g/mol. The molecule has 2 atom stereocenters. The van der Waals surface area contributed by atoms with Crippen molar-refractivity contribution in [1.29, 1.82) is 0 Å². The lowest BCUT2D eigenvalue weighted by Gasteiger charge is -2.22. The van der Waals surface area contributed by atoms with E-state index in [1.807, 2.05) is 0 Å². The maximum Gasteiger partial charge on any atom is 0.0653 e. The molecule has 0 saturated carbocycles. The zero-order valence-electron chi connectivity index (χ0n) is 12.0. The van der Waals surface area contributed by atoms with Crippen molar-refractivity contribution >= 4 is 7.85 Å². The van der Waals surface area contributed by atoms with Gasteiger partial charge in [0.15, 0.2) is 0 Å². The van der Waals surface area contributed by atoms with Crippen LogP contribution in [0.25, 0.3) is 0 Å². The van der Waals surface area contributed by atoms with E-state index in [4.69, 9.17) is 7.85 Å². The van der Waals surface area contributed by atoms with Gasteiger partial charge < -0.3 is 9.80 Å². The summed E-state index contributed by atoms with van der Waals surface area (Å²) >= 11 is 0. The lowest BCUT2D eigenvalue weighted by molar-refractivity contribution is 0.234. The van der Waals surface area contributed by atoms with Gasteiger partial charge in [-0.25, -0.2) is 0 Å². The van der Waals surface area contributed by atoms with E-state index in [1.54, 1.807) is 0 Å². The summed E-state index contributed by atoms with van der Waals surface area (Å²) in [6.07, 6.45) is 3.36. The average Bonchev–Trinajstić information content (AvgIpc) is 2.69. The van der Waals surface area contributed by atoms with Crippen molar-refractivity contribution in [3.8, 4) is 0 Å². The second-order valence-electron chi connectivity index (χ2n) is 5.45. The molecule has 1 rings (SSSR count). The third-order valence-corrected chi connectivity index (χ3v) is 4.25. The molecule has 0 unspecified atom stereocenters. The Hall–Kier alpha value is -0.0151. The summed E-state index contributed by atoms with van der Waals surface area (Å²) in [5, 5.41) is 0. The fourth-order valence-electron chi connectivity index (χ4n) is 2.90. The first-order chi connectivity index (χ1) is 8.21. The van der Waals surface area contributed by atoms with E-state index in [9.17, 15) is 0 Å². The predicted molar refractivity (Wildman–Crippen MR) is 76.7 cm³/mol. The fraction of sp³-hybridized carbons (Fsp3) is 1.00. The molecule has 1 aliphatic heterocycles. The lowest BCUT2D eigenvalue weighted by Crippen LogP contribution is -2.34. The second-order valence-corrected chi connectivity index (χ2v) is 5.45. The molecular formula is C14H29BN2. The van der Waals surface area contributed by atoms with Crippen LogP contribution in [-0.2, 0) is 0 Å². The quantitative estimate of drug-likeness (QED) is 0.596. The van der Waals surface area contributed by atoms with Crippen LogP contribution in [0.4, 0.5) is 0 Å². The monoisotopic (exact) mass is 236 g/mol. The number of likely N-dealkylation sites (N-methyl/N-ethyl adjacent to an activating group) is 1. The van der Waals surface area contributed by atoms with Crippen molar-refractivity contribution in [2.24, 2.45) is 11.8 Å². The molecule has 1 aliphatic rings. The standard InChI is InChI=1S/C14H29BN2/c1-4-16(5-2)9-10-17-11-13(3)14(12-17)7-6-8-15/h13-14H,4-12H2,1-3H3/t13-,14+/m1/s1. The maximum atomic E-state index is 5.60. The highest BCUT2D eigenvalue weighted by molar-refractivity contribution is 6.08. The first-order valence-electron chi connectivity index (χ1n) is 7.36. The van der Waals surface area contributed by atoms with E-state index in [2.05, 4.69) is 30.6 Å². The van der Waals surface area contributed by atoms with Gasteiger partial charge in [-0.15, -0.1) is 0 Å². The summed E-state index contributed by atoms with van der Waals surface area (Å²) in [6, 6.07) is 0. The Morgan fingerprint density at radius 3 is 2.53 bits per heavy atom. The number of rotatable bonds is 8. The van der Waals surface area contributed by atoms with E-state index >= 15 is 0 Å². The zero-order valence-corrected chi connectivity index (χ0v) is 12.0. The number of hydrogen-bond acceptors (Lipinski definition) is 2. The van der Waals surface area contributed by atoms with Crippen molar-refractivity contribution in [2.75, 3.05) is 39.3 Å². The number of nitrogens with zero attached hydrogens (tertiary/aromatic N) is 2. The van der Waals surface area contributed by atoms with Crippen molar-refractivity contribution in [3.05, 3.63) is 0 Å². The van der Waals surface area contributed by atoms with Crippen molar-refractivity contribution in [1.82, 2.24) is 9.80 Å². The molecule has 0 spiro atoms. The predicted octanol–water partition coefficient (Wildman–Crippen LogP) is 2.26. The van der Waals surface area contributed by atoms with Gasteiger partial charge in [0.25, 0.3) is 0 Å². The minimum atomic E-state index is 0.850. The summed E-state index contributed by atoms with van der Waals surface area (Å²) in [6.45, 7) is 14.3. The van der Waals surface area contributed by atoms with Gasteiger partial charge in [-0.05, 0) is 31.3 Å². The number of hydrogen-bond donors (Lipinski definition) is 0. The summed E-state index contributed by atoms with van der Waals surface area (Å²) in [5.74, 6) is 1.74. The molecular weight excluding hydrogens is 207 g/mol. The SMILES string of the molecule is [B]CCC[C@H]1CN(CCN(CC)CC)C[C@H]1C. The van der Waals surface area contributed by atoms with Gasteiger partial charge in [0, 0.05) is 26.2 Å². The Labute approximate surface area is 109 Å². The van der Waals surface area contributed by atoms with Crippen LogP contribution in [0.3, 0.4) is 0 Å². The van der Waals surface area contributed by atoms with Crippen LogP contribution in [0.15, 0.2) is 0 Å². The second kappa shape index (κ2) is 8.15. The first-order valence-corrected chi connectivity index (χ1v) is 7.36. The van der Waals surface area contributed by atoms with Crippen LogP contribution in [0.1, 0.15) is 33.6 Å². The van der Waals surface area contributed by atoms with Gasteiger partial charge in [0.05, 0.1) is 7.85 Å². The zero-order chi connectivity index (χ0) is 12.7. The molecule has 0 amide bonds. The molecule has 0 aromatic heterocycles. The highest BCUT2D eigenvalue weighted by atomic mass is 15.2. The van der Waals surface area contributed by atoms with Gasteiger partial charge in [-0.3, -0.25) is 0 Å². The minimum Gasteiger partial charge on any atom is -0.303 e. The molecule has 17 heavy (non-hydrogen) atoms. The topological polar surface area (TPSA) is 6.48 Å². The van der Waals surface area contributed by atoms with Gasteiger partial charge in [0.1, 0.15) is 0 Å². The van der Waals surface area contributed by atoms with Crippen LogP contribution >= 0.6 is 0 Å². The molecule has 2 radical (unpaired) electrons. The molecule has 1 fully saturated rings. The van der Waals surface area contributed by atoms with Crippen molar-refractivity contribution < 1.29 is 0 Å². The van der Waals surface area contributed by atoms with E-state index in [-0.39, 0.29) is 0 Å². The molecule has 1 saturated heterocycles. The molecule has 1 heterocycles. The normalized spacial score (nSPS) is 25.9. The first kappa shape index (κ1) is 15.0. The highest BCUT2D eigenvalue weighted by Crippen LogP contribution is 2.27. The summed E-state index contributed by atoms with van der Waals surface area (Å²) in [7, 11) is 5.60. The van der Waals surface area contributed by atoms with E-state index in [1.165, 1.54) is 52.1 Å². The molecule has 0 aromatic rings. The van der Waals surface area contributed by atoms with Gasteiger partial charge in [-0.1, -0.05) is 33.5 Å². The summed E-state index contributed by atoms with van der Waals surface area (Å²) < 4.78 is 0. The minimum absolute atomic E-state index is 0.850. The molecule has 0 N–H and O–H groups in total. The Morgan fingerprint density at radius 1 is 1.24 bits per heavy atom. The third kappa shape index (κ3) is 5.01. The fourth-order valence-corrected chi connectivity index (χ4v) is 2.90. The third-order valence-electron chi connectivity index (χ3n) is 4.25. The van der Waals surface area contributed by atoms with Gasteiger partial charge >= 0.3 is 0 Å². The van der Waals surface area contributed by atoms with Gasteiger partial charge in [0.2, 0.25) is 0 Å². The van der Waals surface area contributed by atoms with Crippen molar-refractivity contribution in [3.63, 3.8) is 0 Å². The molecule has 98 valence electrons. The number of likely N-dealkylation sites (tertiary alicyclic amines) is 1. The van der Waals surface area contributed by atoms with E-state index < -0.39 is 0 Å². The smallest absolute Gasteiger partial charge is 0.0653 e. The van der Waals surface area contributed by atoms with E-state index in [0.29, 0.717) is 0 Å². The van der Waals surface area contributed by atoms with Gasteiger partial charge in [-0.2, -0.15) is 0 Å². The van der Waals surface area contributed by atoms with E-state index in [0.717, 1.165) is 18.2 Å². The van der Waals surface area contributed by atoms with Crippen molar-refractivity contribution in [2.45, 2.75) is 39.9 Å². The molecule has 2 nitrogen and oxygen atoms in total. The summed E-state index contributed by atoms with van der Waals surface area (Å²) in [5.41, 5.74) is 0. The Bertz CT molecular complexity index is 195. The lowest BCUT2D eigenvalue weighted by atomic mass is 9.89. The highest BCUT2D eigenvalue weighted by Gasteiger charge is 2.28. The largest absolute Gasteiger partial charge is 0.303 e.